The fourth-order valence-corrected chi connectivity index (χ4v) is 4.29. The molecule has 142 valence electrons. The number of rotatable bonds is 6. The maximum atomic E-state index is 12.7. The number of nitrogens with one attached hydrogen (secondary N) is 2. The summed E-state index contributed by atoms with van der Waals surface area (Å²) in [6, 6.07) is 8.48. The molecule has 1 fully saturated rings. The SMILES string of the molecule is CC(=O)NC(C(=O)NCC(C)N1CCc2ccccc2C1)C1CCCC1. The van der Waals surface area contributed by atoms with Crippen LogP contribution in [0.25, 0.3) is 0 Å². The van der Waals surface area contributed by atoms with Crippen molar-refractivity contribution in [1.82, 2.24) is 15.5 Å². The van der Waals surface area contributed by atoms with Gasteiger partial charge in [0.2, 0.25) is 11.8 Å². The van der Waals surface area contributed by atoms with E-state index in [4.69, 9.17) is 0 Å². The van der Waals surface area contributed by atoms with E-state index >= 15 is 0 Å². The van der Waals surface area contributed by atoms with E-state index in [0.29, 0.717) is 6.54 Å². The summed E-state index contributed by atoms with van der Waals surface area (Å²) >= 11 is 0. The van der Waals surface area contributed by atoms with Crippen LogP contribution in [0.4, 0.5) is 0 Å². The van der Waals surface area contributed by atoms with Gasteiger partial charge >= 0.3 is 0 Å². The standard InChI is InChI=1S/C21H31N3O2/c1-15(24-12-11-17-7-3-6-10-19(17)14-24)13-22-21(26)20(23-16(2)25)18-8-4-5-9-18/h3,6-7,10,15,18,20H,4-5,8-9,11-14H2,1-2H3,(H,22,26)(H,23,25). The zero-order valence-electron chi connectivity index (χ0n) is 16.0. The Morgan fingerprint density at radius 1 is 1.19 bits per heavy atom. The minimum atomic E-state index is -0.385. The van der Waals surface area contributed by atoms with Gasteiger partial charge in [0.15, 0.2) is 0 Å². The Hall–Kier alpha value is -1.88. The van der Waals surface area contributed by atoms with Crippen LogP contribution in [0.3, 0.4) is 0 Å². The summed E-state index contributed by atoms with van der Waals surface area (Å²) in [5.41, 5.74) is 2.82. The molecule has 1 heterocycles. The fraction of sp³-hybridized carbons (Fsp3) is 0.619. The van der Waals surface area contributed by atoms with E-state index in [1.165, 1.54) is 18.1 Å². The minimum absolute atomic E-state index is 0.0311. The maximum Gasteiger partial charge on any atom is 0.242 e. The molecule has 3 rings (SSSR count). The molecule has 5 nitrogen and oxygen atoms in total. The largest absolute Gasteiger partial charge is 0.353 e. The van der Waals surface area contributed by atoms with Crippen molar-refractivity contribution < 1.29 is 9.59 Å². The number of nitrogens with zero attached hydrogens (tertiary/aromatic N) is 1. The van der Waals surface area contributed by atoms with Gasteiger partial charge in [0.25, 0.3) is 0 Å². The number of fused-ring (bicyclic) bond motifs is 1. The average Bonchev–Trinajstić information content (AvgIpc) is 3.17. The first-order valence-electron chi connectivity index (χ1n) is 9.90. The molecule has 1 aromatic rings. The summed E-state index contributed by atoms with van der Waals surface area (Å²) in [7, 11) is 0. The van der Waals surface area contributed by atoms with E-state index < -0.39 is 0 Å². The molecule has 2 unspecified atom stereocenters. The molecule has 5 heteroatoms. The summed E-state index contributed by atoms with van der Waals surface area (Å²) in [5, 5.41) is 5.96. The molecule has 2 amide bonds. The first kappa shape index (κ1) is 18.9. The molecule has 0 saturated heterocycles. The smallest absolute Gasteiger partial charge is 0.242 e. The van der Waals surface area contributed by atoms with Gasteiger partial charge in [0, 0.05) is 32.6 Å². The lowest BCUT2D eigenvalue weighted by atomic mass is 9.97. The van der Waals surface area contributed by atoms with Gasteiger partial charge < -0.3 is 10.6 Å². The summed E-state index contributed by atoms with van der Waals surface area (Å²) in [4.78, 5) is 26.6. The summed E-state index contributed by atoms with van der Waals surface area (Å²) < 4.78 is 0. The minimum Gasteiger partial charge on any atom is -0.353 e. The fourth-order valence-electron chi connectivity index (χ4n) is 4.29. The van der Waals surface area contributed by atoms with E-state index in [-0.39, 0.29) is 29.8 Å². The normalized spacial score (nSPS) is 20.2. The third-order valence-corrected chi connectivity index (χ3v) is 5.87. The van der Waals surface area contributed by atoms with Gasteiger partial charge in [0.05, 0.1) is 0 Å². The van der Waals surface area contributed by atoms with Gasteiger partial charge in [-0.2, -0.15) is 0 Å². The molecule has 2 aliphatic rings. The molecule has 0 aromatic heterocycles. The molecule has 0 radical (unpaired) electrons. The first-order chi connectivity index (χ1) is 12.5. The molecule has 1 aliphatic carbocycles. The molecular formula is C21H31N3O2. The number of hydrogen-bond acceptors (Lipinski definition) is 3. The van der Waals surface area contributed by atoms with Crippen LogP contribution in [-0.2, 0) is 22.6 Å². The second-order valence-electron chi connectivity index (χ2n) is 7.81. The second-order valence-corrected chi connectivity index (χ2v) is 7.81. The van der Waals surface area contributed by atoms with E-state index in [2.05, 4.69) is 46.7 Å². The first-order valence-corrected chi connectivity index (χ1v) is 9.90. The summed E-state index contributed by atoms with van der Waals surface area (Å²) in [5.74, 6) is 0.116. The van der Waals surface area contributed by atoms with E-state index in [1.807, 2.05) is 0 Å². The third kappa shape index (κ3) is 4.64. The lowest BCUT2D eigenvalue weighted by Gasteiger charge is -2.34. The van der Waals surface area contributed by atoms with Gasteiger partial charge in [-0.3, -0.25) is 14.5 Å². The zero-order valence-corrected chi connectivity index (χ0v) is 16.0. The predicted octanol–water partition coefficient (Wildman–Crippen LogP) is 2.24. The topological polar surface area (TPSA) is 61.4 Å². The quantitative estimate of drug-likeness (QED) is 0.821. The Bertz CT molecular complexity index is 640. The number of amides is 2. The van der Waals surface area contributed by atoms with Crippen molar-refractivity contribution in [2.45, 2.75) is 64.6 Å². The molecule has 0 bridgehead atoms. The summed E-state index contributed by atoms with van der Waals surface area (Å²) in [6.45, 7) is 6.22. The van der Waals surface area contributed by atoms with Crippen molar-refractivity contribution in [2.24, 2.45) is 5.92 Å². The highest BCUT2D eigenvalue weighted by Gasteiger charge is 2.31. The molecular weight excluding hydrogens is 326 g/mol. The molecule has 2 N–H and O–H groups in total. The van der Waals surface area contributed by atoms with Crippen molar-refractivity contribution in [3.05, 3.63) is 35.4 Å². The molecule has 1 aromatic carbocycles. The van der Waals surface area contributed by atoms with Crippen LogP contribution >= 0.6 is 0 Å². The number of carbonyl (C=O) groups is 2. The molecule has 1 aliphatic heterocycles. The Morgan fingerprint density at radius 2 is 1.88 bits per heavy atom. The van der Waals surface area contributed by atoms with Crippen molar-refractivity contribution in [3.8, 4) is 0 Å². The molecule has 2 atom stereocenters. The van der Waals surface area contributed by atoms with Crippen molar-refractivity contribution in [3.63, 3.8) is 0 Å². The van der Waals surface area contributed by atoms with Crippen LogP contribution in [0.1, 0.15) is 50.7 Å². The zero-order chi connectivity index (χ0) is 18.5. The van der Waals surface area contributed by atoms with Gasteiger partial charge in [-0.15, -0.1) is 0 Å². The van der Waals surface area contributed by atoms with Gasteiger partial charge in [-0.05, 0) is 43.2 Å². The highest BCUT2D eigenvalue weighted by Crippen LogP contribution is 2.28. The van der Waals surface area contributed by atoms with Crippen LogP contribution in [-0.4, -0.2) is 41.9 Å². The van der Waals surface area contributed by atoms with E-state index in [9.17, 15) is 9.59 Å². The third-order valence-electron chi connectivity index (χ3n) is 5.87. The number of benzene rings is 1. The maximum absolute atomic E-state index is 12.7. The lowest BCUT2D eigenvalue weighted by molar-refractivity contribution is -0.129. The Labute approximate surface area is 156 Å². The van der Waals surface area contributed by atoms with Gasteiger partial charge in [-0.25, -0.2) is 0 Å². The van der Waals surface area contributed by atoms with Crippen LogP contribution in [0.15, 0.2) is 24.3 Å². The molecule has 0 spiro atoms. The Morgan fingerprint density at radius 3 is 2.58 bits per heavy atom. The average molecular weight is 357 g/mol. The summed E-state index contributed by atoms with van der Waals surface area (Å²) in [6.07, 6.45) is 5.41. The number of hydrogen-bond donors (Lipinski definition) is 2. The van der Waals surface area contributed by atoms with Crippen molar-refractivity contribution in [2.75, 3.05) is 13.1 Å². The van der Waals surface area contributed by atoms with Crippen molar-refractivity contribution in [1.29, 1.82) is 0 Å². The molecule has 26 heavy (non-hydrogen) atoms. The van der Waals surface area contributed by atoms with Crippen LogP contribution in [0.2, 0.25) is 0 Å². The monoisotopic (exact) mass is 357 g/mol. The van der Waals surface area contributed by atoms with E-state index in [1.54, 1.807) is 0 Å². The van der Waals surface area contributed by atoms with Crippen LogP contribution < -0.4 is 10.6 Å². The van der Waals surface area contributed by atoms with Gasteiger partial charge in [-0.1, -0.05) is 37.1 Å². The lowest BCUT2D eigenvalue weighted by Crippen LogP contribution is -2.52. The van der Waals surface area contributed by atoms with Gasteiger partial charge in [0.1, 0.15) is 6.04 Å². The molecule has 1 saturated carbocycles. The van der Waals surface area contributed by atoms with Crippen molar-refractivity contribution >= 4 is 11.8 Å². The Kier molecular flexibility index (Phi) is 6.30. The highest BCUT2D eigenvalue weighted by atomic mass is 16.2. The number of carbonyl (C=O) groups excluding carboxylic acids is 2. The highest BCUT2D eigenvalue weighted by molar-refractivity contribution is 5.87. The van der Waals surface area contributed by atoms with E-state index in [0.717, 1.165) is 45.2 Å². The second kappa shape index (κ2) is 8.67. The van der Waals surface area contributed by atoms with Crippen LogP contribution in [0.5, 0.6) is 0 Å². The van der Waals surface area contributed by atoms with Crippen LogP contribution in [0, 0.1) is 5.92 Å². The Balaban J connectivity index is 1.53. The predicted molar refractivity (Wildman–Crippen MR) is 103 cm³/mol.